The van der Waals surface area contributed by atoms with Crippen molar-refractivity contribution in [2.24, 2.45) is 10.9 Å². The number of carboxylic acids is 1. The van der Waals surface area contributed by atoms with Gasteiger partial charge in [0, 0.05) is 18.3 Å². The zero-order chi connectivity index (χ0) is 15.1. The molecule has 0 amide bonds. The molecule has 0 saturated carbocycles. The Labute approximate surface area is 171 Å². The van der Waals surface area contributed by atoms with Gasteiger partial charge in [0.2, 0.25) is 0 Å². The molecule has 6 heteroatoms. The third-order valence-corrected chi connectivity index (χ3v) is 3.40. The molecule has 0 radical (unpaired) electrons. The maximum atomic E-state index is 10.3. The molecule has 21 heavy (non-hydrogen) atoms. The predicted octanol–water partition coefficient (Wildman–Crippen LogP) is -1.27. The molecule has 0 aliphatic carbocycles. The first-order chi connectivity index (χ1) is 9.70. The number of hydrogen-bond donors (Lipinski definition) is 2. The molecule has 118 valence electrons. The Morgan fingerprint density at radius 1 is 0.857 bits per heavy atom. The fourth-order valence-corrected chi connectivity index (χ4v) is 2.19. The molecule has 0 atom stereocenters. The van der Waals surface area contributed by atoms with Gasteiger partial charge in [0.05, 0.1) is 0 Å². The van der Waals surface area contributed by atoms with E-state index in [1.807, 2.05) is 0 Å². The topological polar surface area (TPSA) is 98.7 Å². The Balaban J connectivity index is 0. The summed E-state index contributed by atoms with van der Waals surface area (Å²) in [5.74, 6) is 4.29. The molecule has 0 aromatic carbocycles. The number of unbranched alkanes of at least 4 members (excludes halogenated alkanes) is 7. The molecule has 0 aromatic heterocycles. The number of aliphatic hydroxyl groups is 1. The Morgan fingerprint density at radius 3 is 1.81 bits per heavy atom. The largest absolute Gasteiger partial charge is 1.00 e. The summed E-state index contributed by atoms with van der Waals surface area (Å²) in [5, 5.41) is 22.7. The van der Waals surface area contributed by atoms with E-state index in [0.717, 1.165) is 31.4 Å². The van der Waals surface area contributed by atoms with Crippen molar-refractivity contribution >= 4 is 11.7 Å². The molecular weight excluding hydrogens is 295 g/mol. The van der Waals surface area contributed by atoms with Gasteiger partial charge in [-0.15, -0.1) is 0 Å². The van der Waals surface area contributed by atoms with Crippen LogP contribution in [0, 0.1) is 0 Å². The molecule has 0 rings (SSSR count). The van der Waals surface area contributed by atoms with Crippen LogP contribution in [0.4, 0.5) is 0 Å². The van der Waals surface area contributed by atoms with Crippen LogP contribution in [0.1, 0.15) is 77.0 Å². The van der Waals surface area contributed by atoms with Gasteiger partial charge in [-0.2, -0.15) is 5.10 Å². The van der Waals surface area contributed by atoms with Crippen molar-refractivity contribution < 1.29 is 66.4 Å². The first kappa shape index (κ1) is 23.8. The summed E-state index contributed by atoms with van der Waals surface area (Å²) in [6.45, 7) is 0.305. The number of carbonyl (C=O) groups is 1. The number of hydrogen-bond acceptors (Lipinski definition) is 5. The van der Waals surface area contributed by atoms with E-state index in [4.69, 9.17) is 10.9 Å². The Hall–Kier alpha value is 0.536. The number of aliphatic hydroxyl groups excluding tert-OH is 1. The molecule has 0 spiro atoms. The monoisotopic (exact) mass is 324 g/mol. The SMILES string of the molecule is N/N=C(/CCCCCCCCCCO)CCCC(=O)[O-].[K+]. The molecule has 0 bridgehead atoms. The summed E-state index contributed by atoms with van der Waals surface area (Å²) in [4.78, 5) is 10.3. The van der Waals surface area contributed by atoms with E-state index in [1.165, 1.54) is 32.1 Å². The molecular formula is C15H29KN2O3. The van der Waals surface area contributed by atoms with Crippen molar-refractivity contribution in [3.05, 3.63) is 0 Å². The molecule has 5 nitrogen and oxygen atoms in total. The van der Waals surface area contributed by atoms with Gasteiger partial charge in [0.1, 0.15) is 0 Å². The van der Waals surface area contributed by atoms with Gasteiger partial charge in [0.25, 0.3) is 0 Å². The van der Waals surface area contributed by atoms with Crippen molar-refractivity contribution in [3.63, 3.8) is 0 Å². The van der Waals surface area contributed by atoms with Gasteiger partial charge in [-0.25, -0.2) is 0 Å². The maximum absolute atomic E-state index is 10.3. The molecule has 0 aliphatic rings. The Bertz CT molecular complexity index is 274. The smallest absolute Gasteiger partial charge is 0.550 e. The average Bonchev–Trinajstić information content (AvgIpc) is 2.43. The second-order valence-corrected chi connectivity index (χ2v) is 5.22. The van der Waals surface area contributed by atoms with Gasteiger partial charge in [-0.3, -0.25) is 0 Å². The van der Waals surface area contributed by atoms with Crippen LogP contribution in [0.25, 0.3) is 0 Å². The van der Waals surface area contributed by atoms with E-state index in [2.05, 4.69) is 5.10 Å². The van der Waals surface area contributed by atoms with Crippen LogP contribution in [-0.4, -0.2) is 23.4 Å². The Morgan fingerprint density at radius 2 is 1.33 bits per heavy atom. The van der Waals surface area contributed by atoms with E-state index < -0.39 is 5.97 Å². The van der Waals surface area contributed by atoms with E-state index >= 15 is 0 Å². The summed E-state index contributed by atoms with van der Waals surface area (Å²) < 4.78 is 0. The molecule has 0 fully saturated rings. The first-order valence-electron chi connectivity index (χ1n) is 7.77. The van der Waals surface area contributed by atoms with Crippen LogP contribution in [-0.2, 0) is 4.79 Å². The van der Waals surface area contributed by atoms with E-state index in [-0.39, 0.29) is 57.8 Å². The predicted molar refractivity (Wildman–Crippen MR) is 79.1 cm³/mol. The van der Waals surface area contributed by atoms with Crippen molar-refractivity contribution in [2.45, 2.75) is 77.0 Å². The molecule has 0 saturated heterocycles. The summed E-state index contributed by atoms with van der Waals surface area (Å²) in [7, 11) is 0. The van der Waals surface area contributed by atoms with Gasteiger partial charge in [-0.1, -0.05) is 38.5 Å². The van der Waals surface area contributed by atoms with E-state index in [9.17, 15) is 9.90 Å². The van der Waals surface area contributed by atoms with E-state index in [1.54, 1.807) is 0 Å². The average molecular weight is 325 g/mol. The van der Waals surface area contributed by atoms with Crippen LogP contribution in [0.15, 0.2) is 5.10 Å². The van der Waals surface area contributed by atoms with Gasteiger partial charge < -0.3 is 20.9 Å². The number of aliphatic carboxylic acids is 1. The third-order valence-electron chi connectivity index (χ3n) is 3.40. The Kier molecular flexibility index (Phi) is 21.1. The second-order valence-electron chi connectivity index (χ2n) is 5.22. The standard InChI is InChI=1S/C15H30N2O3.K/c16-17-14(11-9-12-15(19)20)10-7-5-3-1-2-4-6-8-13-18;/h18H,1-13,16H2,(H,19,20);/q;+1/p-1/b17-14-;. The zero-order valence-electron chi connectivity index (χ0n) is 13.5. The molecule has 3 N–H and O–H groups in total. The number of hydrazone groups is 1. The van der Waals surface area contributed by atoms with Crippen LogP contribution in [0.2, 0.25) is 0 Å². The summed E-state index contributed by atoms with van der Waals surface area (Å²) in [6.07, 6.45) is 11.3. The molecule has 0 unspecified atom stereocenters. The summed E-state index contributed by atoms with van der Waals surface area (Å²) >= 11 is 0. The quantitative estimate of drug-likeness (QED) is 0.137. The summed E-state index contributed by atoms with van der Waals surface area (Å²) in [5.41, 5.74) is 0.911. The fourth-order valence-electron chi connectivity index (χ4n) is 2.19. The number of nitrogens with two attached hydrogens (primary N) is 1. The van der Waals surface area contributed by atoms with Gasteiger partial charge in [0.15, 0.2) is 0 Å². The minimum atomic E-state index is -1.01. The number of carbonyl (C=O) groups excluding carboxylic acids is 1. The fraction of sp³-hybridized carbons (Fsp3) is 0.867. The second kappa shape index (κ2) is 18.6. The number of rotatable bonds is 14. The summed E-state index contributed by atoms with van der Waals surface area (Å²) in [6, 6.07) is 0. The minimum Gasteiger partial charge on any atom is -0.550 e. The molecule has 0 aromatic rings. The normalized spacial score (nSPS) is 11.2. The molecule has 0 heterocycles. The minimum absolute atomic E-state index is 0. The molecule has 0 aliphatic heterocycles. The van der Waals surface area contributed by atoms with Crippen molar-refractivity contribution in [1.29, 1.82) is 0 Å². The van der Waals surface area contributed by atoms with Gasteiger partial charge in [-0.05, 0) is 38.5 Å². The number of nitrogens with zero attached hydrogens (tertiary/aromatic N) is 1. The first-order valence-corrected chi connectivity index (χ1v) is 7.77. The van der Waals surface area contributed by atoms with Crippen LogP contribution in [0.3, 0.4) is 0 Å². The van der Waals surface area contributed by atoms with Crippen LogP contribution < -0.4 is 62.3 Å². The van der Waals surface area contributed by atoms with Crippen LogP contribution >= 0.6 is 0 Å². The van der Waals surface area contributed by atoms with E-state index in [0.29, 0.717) is 19.4 Å². The van der Waals surface area contributed by atoms with Crippen molar-refractivity contribution in [3.8, 4) is 0 Å². The third kappa shape index (κ3) is 18.5. The van der Waals surface area contributed by atoms with Crippen molar-refractivity contribution in [2.75, 3.05) is 6.61 Å². The number of carboxylic acid groups (broad SMARTS) is 1. The van der Waals surface area contributed by atoms with Crippen LogP contribution in [0.5, 0.6) is 0 Å². The van der Waals surface area contributed by atoms with Gasteiger partial charge >= 0.3 is 51.4 Å². The zero-order valence-corrected chi connectivity index (χ0v) is 16.6. The van der Waals surface area contributed by atoms with Crippen molar-refractivity contribution in [1.82, 2.24) is 0 Å². The maximum Gasteiger partial charge on any atom is 1.00 e.